The molecule has 5 nitrogen and oxygen atoms in total. The molecule has 2 N–H and O–H groups in total. The number of carboxylic acids is 1. The molecule has 0 aliphatic carbocycles. The number of nitrogens with zero attached hydrogens (tertiary/aromatic N) is 2. The molecule has 0 spiro atoms. The molecule has 0 aliphatic rings. The molecule has 1 aromatic rings. The molecule has 0 amide bonds. The van der Waals surface area contributed by atoms with E-state index in [9.17, 15) is 14.3 Å². The molecule has 6 heteroatoms. The van der Waals surface area contributed by atoms with Crippen LogP contribution in [0, 0.1) is 5.82 Å². The van der Waals surface area contributed by atoms with Gasteiger partial charge in [0.2, 0.25) is 0 Å². The summed E-state index contributed by atoms with van der Waals surface area (Å²) < 4.78 is 14.0. The summed E-state index contributed by atoms with van der Waals surface area (Å²) in [4.78, 5) is 18.9. The van der Waals surface area contributed by atoms with Crippen LogP contribution >= 0.6 is 0 Å². The van der Waals surface area contributed by atoms with E-state index in [4.69, 9.17) is 0 Å². The SMILES string of the molecule is CCc1ncnc(NC(CC)(CC)C(=O)O)c1F. The molecule has 1 heterocycles. The number of aliphatic carboxylic acids is 1. The van der Waals surface area contributed by atoms with Gasteiger partial charge in [-0.25, -0.2) is 19.2 Å². The normalized spacial score (nSPS) is 11.3. The number of carboxylic acid groups (broad SMARTS) is 1. The largest absolute Gasteiger partial charge is 0.480 e. The Balaban J connectivity index is 3.12. The molecule has 100 valence electrons. The third-order valence-electron chi connectivity index (χ3n) is 3.17. The Labute approximate surface area is 105 Å². The Morgan fingerprint density at radius 2 is 2.00 bits per heavy atom. The highest BCUT2D eigenvalue weighted by molar-refractivity contribution is 5.82. The van der Waals surface area contributed by atoms with Crippen LogP contribution in [0.5, 0.6) is 0 Å². The van der Waals surface area contributed by atoms with Crippen LogP contribution in [0.15, 0.2) is 6.33 Å². The summed E-state index contributed by atoms with van der Waals surface area (Å²) in [5.74, 6) is -1.64. The standard InChI is InChI=1S/C12H18FN3O2/c1-4-8-9(13)10(15-7-14-8)16-12(5-2,6-3)11(17)18/h7H,4-6H2,1-3H3,(H,17,18)(H,14,15,16). The van der Waals surface area contributed by atoms with Gasteiger partial charge >= 0.3 is 5.97 Å². The van der Waals surface area contributed by atoms with Gasteiger partial charge in [0.1, 0.15) is 11.9 Å². The first-order valence-electron chi connectivity index (χ1n) is 6.01. The maximum Gasteiger partial charge on any atom is 0.329 e. The first-order valence-corrected chi connectivity index (χ1v) is 6.01. The van der Waals surface area contributed by atoms with Crippen LogP contribution in [0.3, 0.4) is 0 Å². The van der Waals surface area contributed by atoms with Crippen molar-refractivity contribution in [3.8, 4) is 0 Å². The molecular weight excluding hydrogens is 237 g/mol. The predicted molar refractivity (Wildman–Crippen MR) is 65.9 cm³/mol. The third kappa shape index (κ3) is 2.57. The number of anilines is 1. The Morgan fingerprint density at radius 1 is 1.39 bits per heavy atom. The number of hydrogen-bond donors (Lipinski definition) is 2. The van der Waals surface area contributed by atoms with Crippen molar-refractivity contribution in [2.45, 2.75) is 45.6 Å². The van der Waals surface area contributed by atoms with E-state index in [1.165, 1.54) is 6.33 Å². The average molecular weight is 255 g/mol. The van der Waals surface area contributed by atoms with Crippen LogP contribution in [0.1, 0.15) is 39.3 Å². The lowest BCUT2D eigenvalue weighted by Gasteiger charge is -2.28. The minimum Gasteiger partial charge on any atom is -0.480 e. The van der Waals surface area contributed by atoms with Gasteiger partial charge in [-0.3, -0.25) is 0 Å². The zero-order valence-corrected chi connectivity index (χ0v) is 10.8. The zero-order valence-electron chi connectivity index (χ0n) is 10.8. The van der Waals surface area contributed by atoms with Gasteiger partial charge < -0.3 is 10.4 Å². The fourth-order valence-electron chi connectivity index (χ4n) is 1.75. The minimum atomic E-state index is -1.19. The van der Waals surface area contributed by atoms with E-state index in [0.717, 1.165) is 0 Å². The Hall–Kier alpha value is -1.72. The monoisotopic (exact) mass is 255 g/mol. The Bertz CT molecular complexity index is 433. The quantitative estimate of drug-likeness (QED) is 0.815. The van der Waals surface area contributed by atoms with E-state index < -0.39 is 17.3 Å². The average Bonchev–Trinajstić information content (AvgIpc) is 2.37. The van der Waals surface area contributed by atoms with Gasteiger partial charge in [-0.1, -0.05) is 20.8 Å². The summed E-state index contributed by atoms with van der Waals surface area (Å²) in [6.07, 6.45) is 2.34. The summed E-state index contributed by atoms with van der Waals surface area (Å²) in [6, 6.07) is 0. The van der Waals surface area contributed by atoms with E-state index >= 15 is 0 Å². The first kappa shape index (κ1) is 14.3. The van der Waals surface area contributed by atoms with E-state index in [2.05, 4.69) is 15.3 Å². The van der Waals surface area contributed by atoms with Crippen LogP contribution in [-0.4, -0.2) is 26.6 Å². The van der Waals surface area contributed by atoms with E-state index in [1.807, 2.05) is 0 Å². The summed E-state index contributed by atoms with van der Waals surface area (Å²) in [5.41, 5.74) is -0.917. The number of carbonyl (C=O) groups is 1. The van der Waals surface area contributed by atoms with E-state index in [0.29, 0.717) is 19.3 Å². The van der Waals surface area contributed by atoms with Crippen molar-refractivity contribution >= 4 is 11.8 Å². The molecule has 0 atom stereocenters. The van der Waals surface area contributed by atoms with Gasteiger partial charge in [-0.2, -0.15) is 0 Å². The third-order valence-corrected chi connectivity index (χ3v) is 3.17. The number of rotatable bonds is 6. The van der Waals surface area contributed by atoms with Crippen molar-refractivity contribution in [2.24, 2.45) is 0 Å². The highest BCUT2D eigenvalue weighted by atomic mass is 19.1. The van der Waals surface area contributed by atoms with E-state index in [-0.39, 0.29) is 11.5 Å². The van der Waals surface area contributed by atoms with Gasteiger partial charge in [-0.15, -0.1) is 0 Å². The van der Waals surface area contributed by atoms with Crippen molar-refractivity contribution in [1.82, 2.24) is 9.97 Å². The molecule has 0 saturated carbocycles. The van der Waals surface area contributed by atoms with Crippen molar-refractivity contribution < 1.29 is 14.3 Å². The fourth-order valence-corrected chi connectivity index (χ4v) is 1.75. The Morgan fingerprint density at radius 3 is 2.44 bits per heavy atom. The van der Waals surface area contributed by atoms with Crippen molar-refractivity contribution in [3.63, 3.8) is 0 Å². The molecule has 0 bridgehead atoms. The second kappa shape index (κ2) is 5.75. The number of aromatic nitrogens is 2. The molecule has 0 aliphatic heterocycles. The van der Waals surface area contributed by atoms with Gasteiger partial charge in [0.05, 0.1) is 5.69 Å². The molecule has 0 unspecified atom stereocenters. The second-order valence-corrected chi connectivity index (χ2v) is 4.06. The molecule has 0 aromatic carbocycles. The molecule has 1 rings (SSSR count). The number of nitrogens with one attached hydrogen (secondary N) is 1. The van der Waals surface area contributed by atoms with Gasteiger partial charge in [-0.05, 0) is 19.3 Å². The number of aryl methyl sites for hydroxylation is 1. The van der Waals surface area contributed by atoms with Crippen LogP contribution < -0.4 is 5.32 Å². The lowest BCUT2D eigenvalue weighted by molar-refractivity contribution is -0.142. The van der Waals surface area contributed by atoms with Gasteiger partial charge in [0.25, 0.3) is 0 Å². The van der Waals surface area contributed by atoms with Crippen molar-refractivity contribution in [3.05, 3.63) is 17.8 Å². The van der Waals surface area contributed by atoms with Crippen molar-refractivity contribution in [1.29, 1.82) is 0 Å². The summed E-state index contributed by atoms with van der Waals surface area (Å²) in [6.45, 7) is 5.26. The highest BCUT2D eigenvalue weighted by Crippen LogP contribution is 2.24. The molecule has 18 heavy (non-hydrogen) atoms. The molecular formula is C12H18FN3O2. The topological polar surface area (TPSA) is 75.1 Å². The lowest BCUT2D eigenvalue weighted by atomic mass is 9.93. The molecule has 0 fully saturated rings. The zero-order chi connectivity index (χ0) is 13.8. The predicted octanol–water partition coefficient (Wildman–Crippen LogP) is 2.23. The summed E-state index contributed by atoms with van der Waals surface area (Å²) in [7, 11) is 0. The maximum absolute atomic E-state index is 14.0. The van der Waals surface area contributed by atoms with E-state index in [1.54, 1.807) is 20.8 Å². The van der Waals surface area contributed by atoms with Crippen LogP contribution in [-0.2, 0) is 11.2 Å². The minimum absolute atomic E-state index is 0.0482. The van der Waals surface area contributed by atoms with Crippen LogP contribution in [0.4, 0.5) is 10.2 Å². The molecule has 1 aromatic heterocycles. The fraction of sp³-hybridized carbons (Fsp3) is 0.583. The summed E-state index contributed by atoms with van der Waals surface area (Å²) >= 11 is 0. The van der Waals surface area contributed by atoms with Crippen molar-refractivity contribution in [2.75, 3.05) is 5.32 Å². The first-order chi connectivity index (χ1) is 8.50. The van der Waals surface area contributed by atoms with Crippen LogP contribution in [0.2, 0.25) is 0 Å². The van der Waals surface area contributed by atoms with Gasteiger partial charge in [0.15, 0.2) is 11.6 Å². The number of halogens is 1. The second-order valence-electron chi connectivity index (χ2n) is 4.06. The smallest absolute Gasteiger partial charge is 0.329 e. The summed E-state index contributed by atoms with van der Waals surface area (Å²) in [5, 5.41) is 12.0. The lowest BCUT2D eigenvalue weighted by Crippen LogP contribution is -2.45. The molecule has 0 radical (unpaired) electrons. The number of hydrogen-bond acceptors (Lipinski definition) is 4. The highest BCUT2D eigenvalue weighted by Gasteiger charge is 2.36. The van der Waals surface area contributed by atoms with Gasteiger partial charge in [0, 0.05) is 0 Å². The van der Waals surface area contributed by atoms with Crippen LogP contribution in [0.25, 0.3) is 0 Å². The Kier molecular flexibility index (Phi) is 4.58. The maximum atomic E-state index is 14.0. The molecule has 0 saturated heterocycles.